The molecule has 2 aliphatic heterocycles. The lowest BCUT2D eigenvalue weighted by Crippen LogP contribution is -2.49. The van der Waals surface area contributed by atoms with Gasteiger partial charge < -0.3 is 25.5 Å². The first-order valence-corrected chi connectivity index (χ1v) is 8.90. The lowest BCUT2D eigenvalue weighted by molar-refractivity contribution is -0.131. The van der Waals surface area contributed by atoms with Gasteiger partial charge in [0.1, 0.15) is 0 Å². The first-order chi connectivity index (χ1) is 12.1. The van der Waals surface area contributed by atoms with E-state index < -0.39 is 6.10 Å². The van der Waals surface area contributed by atoms with Crippen LogP contribution in [0.5, 0.6) is 0 Å². The van der Waals surface area contributed by atoms with Crippen molar-refractivity contribution in [3.63, 3.8) is 0 Å². The van der Waals surface area contributed by atoms with Gasteiger partial charge in [0.05, 0.1) is 12.1 Å². The minimum atomic E-state index is -0.460. The number of hydrogen-bond donors (Lipinski definition) is 3. The van der Waals surface area contributed by atoms with Crippen molar-refractivity contribution < 1.29 is 14.7 Å². The summed E-state index contributed by atoms with van der Waals surface area (Å²) >= 11 is 0. The van der Waals surface area contributed by atoms with Crippen LogP contribution in [0.4, 0.5) is 5.69 Å². The standard InChI is InChI=1S/C18H26N4O3/c23-15-12-16(20-13-15)18(25)19-7-6-17(24)22-10-8-21(9-11-22)14-4-2-1-3-5-14/h1-5,15-16,20,23H,6-13H2,(H,19,25). The number of para-hydroxylation sites is 1. The zero-order chi connectivity index (χ0) is 17.6. The van der Waals surface area contributed by atoms with Crippen molar-refractivity contribution in [1.82, 2.24) is 15.5 Å². The lowest BCUT2D eigenvalue weighted by atomic mass is 10.2. The first kappa shape index (κ1) is 17.7. The summed E-state index contributed by atoms with van der Waals surface area (Å²) in [6.07, 6.45) is 0.284. The maximum absolute atomic E-state index is 12.3. The van der Waals surface area contributed by atoms with Gasteiger partial charge in [-0.05, 0) is 18.6 Å². The number of rotatable bonds is 5. The number of piperazine rings is 1. The third kappa shape index (κ3) is 4.70. The van der Waals surface area contributed by atoms with Gasteiger partial charge >= 0.3 is 0 Å². The number of β-amino-alcohol motifs (C(OH)–C–C–N with tert-alkyl or cyclic N) is 1. The maximum atomic E-state index is 12.3. The minimum absolute atomic E-state index is 0.0763. The van der Waals surface area contributed by atoms with Gasteiger partial charge in [-0.3, -0.25) is 9.59 Å². The number of aliphatic hydroxyl groups excluding tert-OH is 1. The van der Waals surface area contributed by atoms with Gasteiger partial charge in [0.25, 0.3) is 0 Å². The van der Waals surface area contributed by atoms with E-state index in [1.165, 1.54) is 5.69 Å². The molecule has 2 saturated heterocycles. The van der Waals surface area contributed by atoms with Crippen molar-refractivity contribution in [3.8, 4) is 0 Å². The van der Waals surface area contributed by atoms with Gasteiger partial charge in [-0.2, -0.15) is 0 Å². The molecule has 1 aromatic rings. The summed E-state index contributed by atoms with van der Waals surface area (Å²) in [5.41, 5.74) is 1.19. The molecular weight excluding hydrogens is 320 g/mol. The molecule has 2 fully saturated rings. The maximum Gasteiger partial charge on any atom is 0.237 e. The fourth-order valence-corrected chi connectivity index (χ4v) is 3.34. The molecule has 2 atom stereocenters. The van der Waals surface area contributed by atoms with Crippen LogP contribution < -0.4 is 15.5 Å². The number of carbonyl (C=O) groups is 2. The van der Waals surface area contributed by atoms with Crippen LogP contribution >= 0.6 is 0 Å². The molecule has 0 bridgehead atoms. The van der Waals surface area contributed by atoms with Gasteiger partial charge in [0.15, 0.2) is 0 Å². The van der Waals surface area contributed by atoms with Crippen LogP contribution in [0.2, 0.25) is 0 Å². The SMILES string of the molecule is O=C(NCCC(=O)N1CCN(c2ccccc2)CC1)C1CC(O)CN1. The van der Waals surface area contributed by atoms with Gasteiger partial charge in [0.2, 0.25) is 11.8 Å². The molecule has 2 heterocycles. The Kier molecular flexibility index (Phi) is 5.88. The topological polar surface area (TPSA) is 84.9 Å². The molecule has 3 rings (SSSR count). The van der Waals surface area contributed by atoms with Crippen LogP contribution in [0.3, 0.4) is 0 Å². The Morgan fingerprint density at radius 3 is 2.52 bits per heavy atom. The van der Waals surface area contributed by atoms with E-state index in [0.29, 0.717) is 39.0 Å². The summed E-state index contributed by atoms with van der Waals surface area (Å²) in [4.78, 5) is 28.4. The molecule has 0 aromatic heterocycles. The van der Waals surface area contributed by atoms with Gasteiger partial charge in [-0.1, -0.05) is 18.2 Å². The number of aliphatic hydroxyl groups is 1. The number of amides is 2. The highest BCUT2D eigenvalue weighted by Crippen LogP contribution is 2.15. The molecule has 7 nitrogen and oxygen atoms in total. The summed E-state index contributed by atoms with van der Waals surface area (Å²) in [6.45, 7) is 3.85. The van der Waals surface area contributed by atoms with E-state index in [4.69, 9.17) is 0 Å². The van der Waals surface area contributed by atoms with E-state index in [-0.39, 0.29) is 17.9 Å². The minimum Gasteiger partial charge on any atom is -0.392 e. The number of hydrogen-bond acceptors (Lipinski definition) is 5. The van der Waals surface area contributed by atoms with E-state index in [1.54, 1.807) is 0 Å². The lowest BCUT2D eigenvalue weighted by Gasteiger charge is -2.36. The molecule has 1 aromatic carbocycles. The van der Waals surface area contributed by atoms with Crippen LogP contribution in [0.15, 0.2) is 30.3 Å². The van der Waals surface area contributed by atoms with Crippen molar-refractivity contribution in [3.05, 3.63) is 30.3 Å². The summed E-state index contributed by atoms with van der Waals surface area (Å²) in [7, 11) is 0. The first-order valence-electron chi connectivity index (χ1n) is 8.90. The average molecular weight is 346 g/mol. The molecule has 0 aliphatic carbocycles. The molecule has 3 N–H and O–H groups in total. The highest BCUT2D eigenvalue weighted by molar-refractivity contribution is 5.83. The Morgan fingerprint density at radius 2 is 1.88 bits per heavy atom. The fraction of sp³-hybridized carbons (Fsp3) is 0.556. The van der Waals surface area contributed by atoms with Crippen molar-refractivity contribution in [2.24, 2.45) is 0 Å². The Morgan fingerprint density at radius 1 is 1.16 bits per heavy atom. The second kappa shape index (κ2) is 8.31. The molecule has 2 aliphatic rings. The molecule has 0 saturated carbocycles. The molecular formula is C18H26N4O3. The Hall–Kier alpha value is -2.12. The monoisotopic (exact) mass is 346 g/mol. The quantitative estimate of drug-likeness (QED) is 0.673. The van der Waals surface area contributed by atoms with Gasteiger partial charge in [0, 0.05) is 51.4 Å². The van der Waals surface area contributed by atoms with Crippen LogP contribution in [0.25, 0.3) is 0 Å². The Labute approximate surface area is 148 Å². The van der Waals surface area contributed by atoms with Crippen molar-refractivity contribution in [2.45, 2.75) is 25.0 Å². The van der Waals surface area contributed by atoms with E-state index in [0.717, 1.165) is 13.1 Å². The smallest absolute Gasteiger partial charge is 0.237 e. The highest BCUT2D eigenvalue weighted by atomic mass is 16.3. The number of benzene rings is 1. The fourth-order valence-electron chi connectivity index (χ4n) is 3.34. The third-order valence-corrected chi connectivity index (χ3v) is 4.82. The van der Waals surface area contributed by atoms with Crippen LogP contribution in [-0.2, 0) is 9.59 Å². The predicted octanol–water partition coefficient (Wildman–Crippen LogP) is -0.436. The van der Waals surface area contributed by atoms with E-state index in [1.807, 2.05) is 23.1 Å². The molecule has 0 radical (unpaired) electrons. The largest absolute Gasteiger partial charge is 0.392 e. The second-order valence-electron chi connectivity index (χ2n) is 6.59. The molecule has 2 unspecified atom stereocenters. The van der Waals surface area contributed by atoms with Crippen LogP contribution in [0, 0.1) is 0 Å². The number of anilines is 1. The second-order valence-corrected chi connectivity index (χ2v) is 6.59. The number of nitrogens with zero attached hydrogens (tertiary/aromatic N) is 2. The summed E-state index contributed by atoms with van der Waals surface area (Å²) in [6, 6.07) is 9.86. The molecule has 136 valence electrons. The Balaban J connectivity index is 1.36. The van der Waals surface area contributed by atoms with E-state index >= 15 is 0 Å². The molecule has 2 amide bonds. The third-order valence-electron chi connectivity index (χ3n) is 4.82. The van der Waals surface area contributed by atoms with Gasteiger partial charge in [-0.25, -0.2) is 0 Å². The normalized spacial score (nSPS) is 23.6. The van der Waals surface area contributed by atoms with E-state index in [9.17, 15) is 14.7 Å². The van der Waals surface area contributed by atoms with Crippen molar-refractivity contribution >= 4 is 17.5 Å². The molecule has 25 heavy (non-hydrogen) atoms. The van der Waals surface area contributed by atoms with Crippen molar-refractivity contribution in [1.29, 1.82) is 0 Å². The van der Waals surface area contributed by atoms with Crippen molar-refractivity contribution in [2.75, 3.05) is 44.2 Å². The predicted molar refractivity (Wildman–Crippen MR) is 95.3 cm³/mol. The van der Waals surface area contributed by atoms with Crippen LogP contribution in [0.1, 0.15) is 12.8 Å². The van der Waals surface area contributed by atoms with E-state index in [2.05, 4.69) is 27.7 Å². The Bertz CT molecular complexity index is 587. The molecule has 0 spiro atoms. The summed E-state index contributed by atoms with van der Waals surface area (Å²) in [5.74, 6) is -0.0642. The zero-order valence-corrected chi connectivity index (χ0v) is 14.4. The molecule has 7 heteroatoms. The summed E-state index contributed by atoms with van der Waals surface area (Å²) < 4.78 is 0. The van der Waals surface area contributed by atoms with Gasteiger partial charge in [-0.15, -0.1) is 0 Å². The zero-order valence-electron chi connectivity index (χ0n) is 14.4. The highest BCUT2D eigenvalue weighted by Gasteiger charge is 2.28. The number of carbonyl (C=O) groups excluding carboxylic acids is 2. The van der Waals surface area contributed by atoms with Crippen LogP contribution in [-0.4, -0.2) is 73.2 Å². The number of nitrogens with one attached hydrogen (secondary N) is 2. The summed E-state index contributed by atoms with van der Waals surface area (Å²) in [5, 5.41) is 15.2. The average Bonchev–Trinajstić information content (AvgIpc) is 3.09.